The first-order chi connectivity index (χ1) is 34.9. The van der Waals surface area contributed by atoms with Crippen molar-refractivity contribution in [3.63, 3.8) is 0 Å². The lowest BCUT2D eigenvalue weighted by Crippen LogP contribution is -2.40. The summed E-state index contributed by atoms with van der Waals surface area (Å²) < 4.78 is 39.3. The van der Waals surface area contributed by atoms with Crippen LogP contribution < -0.4 is 14.8 Å². The molecule has 0 spiro atoms. The largest absolute Gasteiger partial charge is 0.496 e. The van der Waals surface area contributed by atoms with Gasteiger partial charge in [-0.3, -0.25) is 9.18 Å². The van der Waals surface area contributed by atoms with Crippen molar-refractivity contribution in [3.05, 3.63) is 142 Å². The summed E-state index contributed by atoms with van der Waals surface area (Å²) in [7, 11) is -1.51. The topological polar surface area (TPSA) is 107 Å². The zero-order chi connectivity index (χ0) is 55.1. The third kappa shape index (κ3) is 20.0. The lowest BCUT2D eigenvalue weighted by molar-refractivity contribution is -0.131. The molecule has 1 amide bonds. The van der Waals surface area contributed by atoms with Crippen molar-refractivity contribution in [3.8, 4) is 11.5 Å². The lowest BCUT2D eigenvalue weighted by Gasteiger charge is -2.36. The molecular weight excluding hydrogens is 960 g/mol. The second-order valence-corrected chi connectivity index (χ2v) is 31.6. The van der Waals surface area contributed by atoms with Crippen molar-refractivity contribution in [2.24, 2.45) is 0 Å². The van der Waals surface area contributed by atoms with Gasteiger partial charge in [0.2, 0.25) is 5.91 Å². The second-order valence-electron chi connectivity index (χ2n) is 22.0. The van der Waals surface area contributed by atoms with Gasteiger partial charge in [0.05, 0.1) is 36.0 Å². The Balaban J connectivity index is 0.000000409. The number of rotatable bonds is 16. The van der Waals surface area contributed by atoms with Crippen LogP contribution in [0.1, 0.15) is 146 Å². The highest BCUT2D eigenvalue weighted by Crippen LogP contribution is 2.40. The minimum absolute atomic E-state index is 0. The summed E-state index contributed by atoms with van der Waals surface area (Å²) in [6, 6.07) is 29.6. The number of piperidine rings is 2. The van der Waals surface area contributed by atoms with E-state index in [2.05, 4.69) is 135 Å². The Kier molecular flexibility index (Phi) is 26.8. The van der Waals surface area contributed by atoms with E-state index in [0.29, 0.717) is 24.9 Å². The number of ether oxygens (including phenoxy) is 2. The number of likely N-dealkylation sites (tertiary alicyclic amines) is 1. The molecule has 0 saturated carbocycles. The van der Waals surface area contributed by atoms with Gasteiger partial charge in [-0.25, -0.2) is 4.79 Å². The number of carbonyl (C=O) groups is 2. The van der Waals surface area contributed by atoms with Crippen LogP contribution in [-0.2, 0) is 44.5 Å². The fourth-order valence-corrected chi connectivity index (χ4v) is 10.1. The Morgan fingerprint density at radius 3 is 1.46 bits per heavy atom. The fraction of sp³-hybridized carbons (Fsp3) is 0.516. The van der Waals surface area contributed by atoms with E-state index in [4.69, 9.17) is 24.8 Å². The zero-order valence-electron chi connectivity index (χ0n) is 48.0. The number of alkyl halides is 1. The van der Waals surface area contributed by atoms with E-state index in [-0.39, 0.29) is 23.4 Å². The molecule has 74 heavy (non-hydrogen) atoms. The maximum atomic E-state index is 13.0. The first-order valence-corrected chi connectivity index (χ1v) is 32.0. The van der Waals surface area contributed by atoms with Crippen molar-refractivity contribution < 1.29 is 38.8 Å². The summed E-state index contributed by atoms with van der Waals surface area (Å²) in [5, 5.41) is 12.5. The number of amides is 1. The first kappa shape index (κ1) is 63.4. The average Bonchev–Trinajstić information content (AvgIpc) is 3.38. The van der Waals surface area contributed by atoms with E-state index in [9.17, 15) is 14.0 Å². The number of hydrogen-bond donors (Lipinski definition) is 2. The Hall–Kier alpha value is -4.86. The van der Waals surface area contributed by atoms with Crippen molar-refractivity contribution in [1.82, 2.24) is 10.2 Å². The number of methoxy groups -OCH3 is 2. The van der Waals surface area contributed by atoms with Crippen LogP contribution in [0.25, 0.3) is 12.2 Å². The quantitative estimate of drug-likeness (QED) is 0.0844. The number of halogens is 1. The predicted molar refractivity (Wildman–Crippen MR) is 314 cm³/mol. The van der Waals surface area contributed by atoms with Crippen LogP contribution >= 0.6 is 0 Å². The Bertz CT molecular complexity index is 2400. The van der Waals surface area contributed by atoms with Gasteiger partial charge < -0.3 is 33.6 Å². The van der Waals surface area contributed by atoms with Crippen molar-refractivity contribution in [2.45, 2.75) is 163 Å². The monoisotopic (exact) mass is 1060 g/mol. The van der Waals surface area contributed by atoms with E-state index >= 15 is 0 Å². The Labute approximate surface area is 451 Å². The van der Waals surface area contributed by atoms with E-state index in [1.165, 1.54) is 42.6 Å². The molecule has 2 N–H and O–H groups in total. The maximum Gasteiger partial charge on any atom is 0.328 e. The maximum absolute atomic E-state index is 13.0. The molecule has 0 bridgehead atoms. The highest BCUT2D eigenvalue weighted by Gasteiger charge is 2.38. The standard InChI is InChI=1S/C30H43NO3Si.C17H26O4Si.C13H19N.CH3F.CH4/c1-8-23-11-9-13-26(21-23)24-17-19-31(20-18-24)29(32)16-15-25-12-10-14-28(33-5)27(25)22-34-35(6,7)30(2,3)4;1-17(2,3)22(5,6)21-12-14-13(10-11-16(18)19)8-7-9-15(14)20-4;1-2-11-4-3-5-13(10-11)12-6-8-14-9-7-12;1-2;/h9-16,21,24H,8,17-20,22H2,1-7H3;7-11H,12H2,1-6H3,(H,18,19);3-5,10,12,14H,2,6-9H2,1H3;1H3;1H4/b16-15+;11-10+;;;/i;;;1D;. The predicted octanol–water partition coefficient (Wildman–Crippen LogP) is 15.5. The van der Waals surface area contributed by atoms with Gasteiger partial charge in [-0.05, 0) is 157 Å². The molecule has 0 aliphatic carbocycles. The van der Waals surface area contributed by atoms with Crippen LogP contribution in [0.3, 0.4) is 0 Å². The number of aliphatic carboxylic acids is 1. The summed E-state index contributed by atoms with van der Waals surface area (Å²) in [6.07, 6.45) is 13.2. The van der Waals surface area contributed by atoms with Crippen molar-refractivity contribution in [2.75, 3.05) is 47.6 Å². The number of aryl methyl sites for hydroxylation is 2. The van der Waals surface area contributed by atoms with E-state index in [0.717, 1.165) is 78.8 Å². The second kappa shape index (κ2) is 31.3. The molecule has 2 saturated heterocycles. The molecule has 0 atom stereocenters. The fourth-order valence-electron chi connectivity index (χ4n) is 8.26. The summed E-state index contributed by atoms with van der Waals surface area (Å²) in [6.45, 7) is 31.4. The molecule has 2 heterocycles. The van der Waals surface area contributed by atoms with Gasteiger partial charge in [0.1, 0.15) is 11.5 Å². The molecule has 2 fully saturated rings. The molecule has 2 aliphatic heterocycles. The smallest absolute Gasteiger partial charge is 0.328 e. The number of benzene rings is 4. The number of carboxylic acid groups (broad SMARTS) is 1. The van der Waals surface area contributed by atoms with E-state index in [1.807, 2.05) is 47.4 Å². The molecule has 2 aliphatic rings. The van der Waals surface area contributed by atoms with Gasteiger partial charge >= 0.3 is 5.97 Å². The minimum atomic E-state index is -1.91. The van der Waals surface area contributed by atoms with Crippen molar-refractivity contribution >= 4 is 40.7 Å². The van der Waals surface area contributed by atoms with Gasteiger partial charge in [-0.1, -0.05) is 136 Å². The summed E-state index contributed by atoms with van der Waals surface area (Å²) in [5.74, 6) is 1.94. The van der Waals surface area contributed by atoms with Gasteiger partial charge in [0.15, 0.2) is 16.6 Å². The summed E-state index contributed by atoms with van der Waals surface area (Å²) >= 11 is 0. The first-order valence-electron chi connectivity index (χ1n) is 26.9. The van der Waals surface area contributed by atoms with Crippen LogP contribution in [0.5, 0.6) is 11.5 Å². The summed E-state index contributed by atoms with van der Waals surface area (Å²) in [4.78, 5) is 25.7. The van der Waals surface area contributed by atoms with Crippen LogP contribution in [-0.4, -0.2) is 86.1 Å². The lowest BCUT2D eigenvalue weighted by atomic mass is 9.88. The van der Waals surface area contributed by atoms with E-state index in [1.54, 1.807) is 31.9 Å². The molecular formula is C62H95FN2O7Si2. The SMILES string of the molecule is C.CCc1cccc(C2CCN(C(=O)/C=C/c3cccc(OC)c3CO[Si](C)(C)C(C)(C)C)CC2)c1.CCc1cccc(C2CCNCC2)c1.COc1cccc(/C=C/C(=O)O)c1CO[Si](C)(C)C(C)(C)C.[2H]CF. The molecule has 410 valence electrons. The highest BCUT2D eigenvalue weighted by atomic mass is 28.4. The molecule has 4 aromatic rings. The molecule has 9 nitrogen and oxygen atoms in total. The number of nitrogens with one attached hydrogen (secondary N) is 1. The van der Waals surface area contributed by atoms with Crippen molar-refractivity contribution in [1.29, 1.82) is 0 Å². The number of hydrogen-bond acceptors (Lipinski definition) is 7. The highest BCUT2D eigenvalue weighted by molar-refractivity contribution is 6.74. The molecule has 0 unspecified atom stereocenters. The number of carbonyl (C=O) groups excluding carboxylic acids is 1. The van der Waals surface area contributed by atoms with Crippen LogP contribution in [0.15, 0.2) is 97.1 Å². The van der Waals surface area contributed by atoms with Crippen LogP contribution in [0, 0.1) is 0 Å². The minimum Gasteiger partial charge on any atom is -0.496 e. The van der Waals surface area contributed by atoms with Gasteiger partial charge in [0, 0.05) is 36.4 Å². The van der Waals surface area contributed by atoms with Crippen LogP contribution in [0.4, 0.5) is 4.39 Å². The normalized spacial score (nSPS) is 14.9. The molecule has 6 rings (SSSR count). The average molecular weight is 1060 g/mol. The third-order valence-corrected chi connectivity index (χ3v) is 24.1. The Morgan fingerprint density at radius 2 is 1.08 bits per heavy atom. The third-order valence-electron chi connectivity index (χ3n) is 15.2. The Morgan fingerprint density at radius 1 is 0.689 bits per heavy atom. The van der Waals surface area contributed by atoms with Gasteiger partial charge in [-0.15, -0.1) is 0 Å². The van der Waals surface area contributed by atoms with Crippen LogP contribution in [0.2, 0.25) is 36.3 Å². The van der Waals surface area contributed by atoms with Gasteiger partial charge in [0.25, 0.3) is 0 Å². The van der Waals surface area contributed by atoms with Gasteiger partial charge in [-0.2, -0.15) is 0 Å². The molecule has 0 radical (unpaired) electrons. The molecule has 0 aromatic heterocycles. The van der Waals surface area contributed by atoms with E-state index < -0.39 is 29.8 Å². The molecule has 12 heteroatoms. The molecule has 4 aromatic carbocycles. The summed E-state index contributed by atoms with van der Waals surface area (Å²) in [5.41, 5.74) is 9.48. The number of nitrogens with zero attached hydrogens (tertiary/aromatic N) is 1. The number of carboxylic acids is 1. The zero-order valence-corrected chi connectivity index (χ0v) is 49.0.